The van der Waals surface area contributed by atoms with E-state index >= 15 is 0 Å². The SMILES string of the molecule is CC(=O)O[C@]1(C)C2=CC3=NC(=CC4=NC(=CC5=NC(=CC(=C1O)N2)C=C5C)C(C)=C4)C(C)=C3. The second kappa shape index (κ2) is 7.27. The summed E-state index contributed by atoms with van der Waals surface area (Å²) in [6.07, 6.45) is 13.4. The Labute approximate surface area is 192 Å². The van der Waals surface area contributed by atoms with Crippen molar-refractivity contribution in [2.75, 3.05) is 0 Å². The van der Waals surface area contributed by atoms with Crippen LogP contribution in [-0.4, -0.2) is 33.8 Å². The molecule has 5 aliphatic rings. The first kappa shape index (κ1) is 20.9. The van der Waals surface area contributed by atoms with Gasteiger partial charge in [0.05, 0.1) is 45.6 Å². The Morgan fingerprint density at radius 1 is 0.879 bits per heavy atom. The van der Waals surface area contributed by atoms with Gasteiger partial charge in [0.25, 0.3) is 0 Å². The third-order valence-corrected chi connectivity index (χ3v) is 6.03. The number of allylic oxidation sites excluding steroid dienone is 10. The molecule has 7 nitrogen and oxygen atoms in total. The van der Waals surface area contributed by atoms with Crippen LogP contribution in [0.1, 0.15) is 34.6 Å². The van der Waals surface area contributed by atoms with E-state index in [1.165, 1.54) is 6.92 Å². The summed E-state index contributed by atoms with van der Waals surface area (Å²) in [5.41, 5.74) is 7.26. The lowest BCUT2D eigenvalue weighted by atomic mass is 10.00. The lowest BCUT2D eigenvalue weighted by Crippen LogP contribution is -2.35. The normalized spacial score (nSPS) is 25.6. The maximum atomic E-state index is 11.9. The second-order valence-electron chi connectivity index (χ2n) is 8.75. The van der Waals surface area contributed by atoms with Gasteiger partial charge in [0.2, 0.25) is 5.60 Å². The van der Waals surface area contributed by atoms with E-state index in [0.29, 0.717) is 22.8 Å². The largest absolute Gasteiger partial charge is 0.506 e. The van der Waals surface area contributed by atoms with Crippen LogP contribution in [0.2, 0.25) is 0 Å². The van der Waals surface area contributed by atoms with Gasteiger partial charge in [-0.25, -0.2) is 15.0 Å². The van der Waals surface area contributed by atoms with E-state index < -0.39 is 11.6 Å². The van der Waals surface area contributed by atoms with Crippen LogP contribution >= 0.6 is 0 Å². The van der Waals surface area contributed by atoms with Gasteiger partial charge in [0.15, 0.2) is 5.76 Å². The molecule has 7 heteroatoms. The van der Waals surface area contributed by atoms with Gasteiger partial charge in [0.1, 0.15) is 0 Å². The van der Waals surface area contributed by atoms with Crippen LogP contribution in [0.3, 0.4) is 0 Å². The number of aliphatic hydroxyl groups is 1. The van der Waals surface area contributed by atoms with Crippen molar-refractivity contribution in [3.8, 4) is 0 Å². The van der Waals surface area contributed by atoms with Crippen LogP contribution in [0.25, 0.3) is 0 Å². The lowest BCUT2D eigenvalue weighted by Gasteiger charge is -2.25. The Balaban J connectivity index is 1.73. The molecule has 0 fully saturated rings. The highest BCUT2D eigenvalue weighted by Crippen LogP contribution is 2.37. The van der Waals surface area contributed by atoms with Crippen molar-refractivity contribution in [3.63, 3.8) is 0 Å². The number of nitrogens with zero attached hydrogens (tertiary/aromatic N) is 3. The zero-order valence-electron chi connectivity index (χ0n) is 19.1. The fourth-order valence-corrected chi connectivity index (χ4v) is 4.27. The van der Waals surface area contributed by atoms with Gasteiger partial charge in [-0.3, -0.25) is 4.79 Å². The Hall–Kier alpha value is -4.00. The molecule has 0 amide bonds. The number of nitrogens with one attached hydrogen (secondary N) is 1. The number of aliphatic hydroxyl groups excluding tert-OH is 1. The number of esters is 1. The van der Waals surface area contributed by atoms with E-state index in [2.05, 4.69) is 5.32 Å². The van der Waals surface area contributed by atoms with Crippen LogP contribution in [0.4, 0.5) is 0 Å². The van der Waals surface area contributed by atoms with E-state index in [9.17, 15) is 9.90 Å². The van der Waals surface area contributed by atoms with Crippen molar-refractivity contribution in [1.29, 1.82) is 0 Å². The Bertz CT molecular complexity index is 1370. The van der Waals surface area contributed by atoms with Crippen LogP contribution in [0.15, 0.2) is 108 Å². The van der Waals surface area contributed by atoms with Crippen LogP contribution in [-0.2, 0) is 9.53 Å². The number of carbonyl (C=O) groups is 1. The van der Waals surface area contributed by atoms with Crippen molar-refractivity contribution < 1.29 is 14.6 Å². The summed E-state index contributed by atoms with van der Waals surface area (Å²) in [7, 11) is 0. The number of carbonyl (C=O) groups excluding carboxylic acids is 1. The molecule has 0 saturated heterocycles. The standard InChI is InChI=1S/C26H24N4O3/c1-13-8-19-11-24-26(5,33-16(4)31)25(32)23(30-24)10-18-7-15(3)22(28-18)12-21-14(2)6-17(27-21)9-20(13)29-19/h6-12,30,32H,1-5H3/t26-/m1/s1. The molecule has 0 unspecified atom stereocenters. The maximum absolute atomic E-state index is 11.9. The number of hydrogen-bond acceptors (Lipinski definition) is 7. The highest BCUT2D eigenvalue weighted by molar-refractivity contribution is 6.15. The summed E-state index contributed by atoms with van der Waals surface area (Å²) < 4.78 is 5.57. The smallest absolute Gasteiger partial charge is 0.304 e. The summed E-state index contributed by atoms with van der Waals surface area (Å²) in [5.74, 6) is -0.593. The summed E-state index contributed by atoms with van der Waals surface area (Å²) in [5, 5.41) is 14.3. The predicted molar refractivity (Wildman–Crippen MR) is 129 cm³/mol. The number of aliphatic imine (C=N–C) groups is 3. The van der Waals surface area contributed by atoms with Crippen molar-refractivity contribution in [2.45, 2.75) is 40.2 Å². The average molecular weight is 441 g/mol. The molecule has 0 aromatic rings. The molecule has 5 aliphatic heterocycles. The van der Waals surface area contributed by atoms with Gasteiger partial charge in [-0.2, -0.15) is 0 Å². The maximum Gasteiger partial charge on any atom is 0.304 e. The number of ether oxygens (including phenoxy) is 1. The molecule has 0 aromatic heterocycles. The van der Waals surface area contributed by atoms with Crippen molar-refractivity contribution in [2.24, 2.45) is 15.0 Å². The predicted octanol–water partition coefficient (Wildman–Crippen LogP) is 4.43. The van der Waals surface area contributed by atoms with Crippen molar-refractivity contribution >= 4 is 23.1 Å². The highest BCUT2D eigenvalue weighted by Gasteiger charge is 2.45. The first-order valence-corrected chi connectivity index (χ1v) is 10.7. The molecule has 0 spiro atoms. The first-order valence-electron chi connectivity index (χ1n) is 10.7. The summed E-state index contributed by atoms with van der Waals surface area (Å²) in [6, 6.07) is 0. The number of fused-ring (bicyclic) bond motifs is 5. The monoisotopic (exact) mass is 440 g/mol. The second-order valence-corrected chi connectivity index (χ2v) is 8.75. The molecule has 5 heterocycles. The van der Waals surface area contributed by atoms with Crippen molar-refractivity contribution in [1.82, 2.24) is 5.32 Å². The van der Waals surface area contributed by atoms with Crippen LogP contribution < -0.4 is 5.32 Å². The molecule has 166 valence electrons. The molecule has 0 aromatic carbocycles. The molecule has 0 aliphatic carbocycles. The lowest BCUT2D eigenvalue weighted by molar-refractivity contribution is -0.150. The van der Waals surface area contributed by atoms with Gasteiger partial charge < -0.3 is 15.2 Å². The zero-order chi connectivity index (χ0) is 23.5. The quantitative estimate of drug-likeness (QED) is 0.590. The van der Waals surface area contributed by atoms with Gasteiger partial charge in [0, 0.05) is 6.92 Å². The molecule has 33 heavy (non-hydrogen) atoms. The molecular weight excluding hydrogens is 416 g/mol. The van der Waals surface area contributed by atoms with Gasteiger partial charge in [-0.1, -0.05) is 0 Å². The summed E-state index contributed by atoms with van der Waals surface area (Å²) >= 11 is 0. The molecule has 8 bridgehead atoms. The third kappa shape index (κ3) is 3.55. The van der Waals surface area contributed by atoms with Gasteiger partial charge in [-0.05, 0) is 86.9 Å². The molecule has 0 radical (unpaired) electrons. The molecule has 5 rings (SSSR count). The average Bonchev–Trinajstić information content (AvgIpc) is 3.41. The first-order chi connectivity index (χ1) is 15.6. The Morgan fingerprint density at radius 2 is 1.52 bits per heavy atom. The highest BCUT2D eigenvalue weighted by atomic mass is 16.6. The summed E-state index contributed by atoms with van der Waals surface area (Å²) in [4.78, 5) is 26.1. The van der Waals surface area contributed by atoms with Crippen molar-refractivity contribution in [3.05, 3.63) is 93.5 Å². The number of hydrogen-bond donors (Lipinski definition) is 2. The van der Waals surface area contributed by atoms with E-state index in [1.807, 2.05) is 51.2 Å². The minimum absolute atomic E-state index is 0.0905. The van der Waals surface area contributed by atoms with Gasteiger partial charge >= 0.3 is 5.97 Å². The fraction of sp³-hybridized carbons (Fsp3) is 0.231. The topological polar surface area (TPSA) is 95.6 Å². The molecule has 1 atom stereocenters. The third-order valence-electron chi connectivity index (χ3n) is 6.03. The number of rotatable bonds is 1. The minimum atomic E-state index is -1.36. The molecule has 2 N–H and O–H groups in total. The molecule has 0 saturated carbocycles. The Morgan fingerprint density at radius 3 is 2.18 bits per heavy atom. The van der Waals surface area contributed by atoms with E-state index in [4.69, 9.17) is 19.7 Å². The Kier molecular flexibility index (Phi) is 4.60. The summed E-state index contributed by atoms with van der Waals surface area (Å²) in [6.45, 7) is 8.97. The van der Waals surface area contributed by atoms with Gasteiger partial charge in [-0.15, -0.1) is 0 Å². The molecular formula is C26H24N4O3. The zero-order valence-corrected chi connectivity index (χ0v) is 19.1. The van der Waals surface area contributed by atoms with E-state index in [0.717, 1.165) is 39.5 Å². The fourth-order valence-electron chi connectivity index (χ4n) is 4.27. The van der Waals surface area contributed by atoms with E-state index in [1.54, 1.807) is 19.1 Å². The van der Waals surface area contributed by atoms with Crippen LogP contribution in [0.5, 0.6) is 0 Å². The van der Waals surface area contributed by atoms with Crippen LogP contribution in [0, 0.1) is 0 Å². The minimum Gasteiger partial charge on any atom is -0.506 e. The van der Waals surface area contributed by atoms with E-state index in [-0.39, 0.29) is 5.76 Å².